The Bertz CT molecular complexity index is 1060. The molecule has 152 valence electrons. The number of benzene rings is 2. The summed E-state index contributed by atoms with van der Waals surface area (Å²) in [6, 6.07) is 17.7. The van der Waals surface area contributed by atoms with Gasteiger partial charge in [-0.25, -0.2) is 9.97 Å². The minimum Gasteiger partial charge on any atom is -0.508 e. The van der Waals surface area contributed by atoms with Gasteiger partial charge in [0.05, 0.1) is 11.3 Å². The van der Waals surface area contributed by atoms with Gasteiger partial charge in [0.15, 0.2) is 5.78 Å². The molecule has 1 aromatic heterocycles. The Morgan fingerprint density at radius 1 is 0.867 bits per heavy atom. The number of hydrogen-bond acceptors (Lipinski definition) is 6. The summed E-state index contributed by atoms with van der Waals surface area (Å²) in [5.74, 6) is 0.922. The normalized spacial score (nSPS) is 18.9. The van der Waals surface area contributed by atoms with Gasteiger partial charge in [-0.1, -0.05) is 36.4 Å². The minimum atomic E-state index is -0.0520. The molecule has 0 spiro atoms. The molecule has 1 N–H and O–H groups in total. The molecule has 1 aliphatic carbocycles. The number of rotatable bonds is 3. The van der Waals surface area contributed by atoms with Gasteiger partial charge in [0, 0.05) is 50.4 Å². The summed E-state index contributed by atoms with van der Waals surface area (Å²) in [5.41, 5.74) is 3.45. The molecule has 2 heterocycles. The van der Waals surface area contributed by atoms with Gasteiger partial charge in [0.25, 0.3) is 0 Å². The van der Waals surface area contributed by atoms with Crippen LogP contribution in [0.3, 0.4) is 0 Å². The number of fused-ring (bicyclic) bond motifs is 1. The van der Waals surface area contributed by atoms with Gasteiger partial charge < -0.3 is 14.9 Å². The Morgan fingerprint density at radius 2 is 1.57 bits per heavy atom. The summed E-state index contributed by atoms with van der Waals surface area (Å²) in [5, 5.41) is 10.2. The fourth-order valence-electron chi connectivity index (χ4n) is 4.44. The standard InChI is InChI=1S/C24H24N4O2/c29-22-9-5-4-8-19(22)17-14-21-20(23(30)15-17)16-25-24(26-21)28-12-10-27(11-13-28)18-6-2-1-3-7-18/h1-9,16-17,29H,10-15H2/t17-/m1/s1. The third kappa shape index (κ3) is 3.49. The zero-order valence-electron chi connectivity index (χ0n) is 16.7. The Kier molecular flexibility index (Phi) is 4.83. The van der Waals surface area contributed by atoms with Crippen molar-refractivity contribution < 1.29 is 9.90 Å². The van der Waals surface area contributed by atoms with Crippen LogP contribution in [-0.2, 0) is 6.42 Å². The van der Waals surface area contributed by atoms with E-state index in [1.807, 2.05) is 18.2 Å². The van der Waals surface area contributed by atoms with Crippen LogP contribution < -0.4 is 9.80 Å². The molecule has 3 aromatic rings. The van der Waals surface area contributed by atoms with Crippen molar-refractivity contribution in [2.75, 3.05) is 36.0 Å². The van der Waals surface area contributed by atoms with Crippen molar-refractivity contribution in [1.82, 2.24) is 9.97 Å². The smallest absolute Gasteiger partial charge is 0.225 e. The third-order valence-corrected chi connectivity index (χ3v) is 6.09. The van der Waals surface area contributed by atoms with E-state index in [0.29, 0.717) is 24.4 Å². The van der Waals surface area contributed by atoms with E-state index in [1.54, 1.807) is 18.3 Å². The van der Waals surface area contributed by atoms with E-state index >= 15 is 0 Å². The molecular formula is C24H24N4O2. The number of ketones is 1. The maximum absolute atomic E-state index is 12.7. The van der Waals surface area contributed by atoms with E-state index in [9.17, 15) is 9.90 Å². The Hall–Kier alpha value is -3.41. The largest absolute Gasteiger partial charge is 0.508 e. The van der Waals surface area contributed by atoms with Crippen LogP contribution in [0, 0.1) is 0 Å². The highest BCUT2D eigenvalue weighted by atomic mass is 16.3. The number of para-hydroxylation sites is 2. The average Bonchev–Trinajstić information content (AvgIpc) is 2.80. The molecule has 6 nitrogen and oxygen atoms in total. The second-order valence-electron chi connectivity index (χ2n) is 7.93. The van der Waals surface area contributed by atoms with Gasteiger partial charge in [0.2, 0.25) is 5.95 Å². The first kappa shape index (κ1) is 18.6. The molecule has 0 radical (unpaired) electrons. The zero-order valence-corrected chi connectivity index (χ0v) is 16.7. The lowest BCUT2D eigenvalue weighted by Gasteiger charge is -2.36. The summed E-state index contributed by atoms with van der Waals surface area (Å²) in [6.45, 7) is 3.49. The number of phenols is 1. The Balaban J connectivity index is 1.34. The number of Topliss-reactive ketones (excluding diaryl/α,β-unsaturated/α-hetero) is 1. The van der Waals surface area contributed by atoms with E-state index in [1.165, 1.54) is 5.69 Å². The predicted molar refractivity (Wildman–Crippen MR) is 116 cm³/mol. The highest BCUT2D eigenvalue weighted by Gasteiger charge is 2.30. The van der Waals surface area contributed by atoms with Gasteiger partial charge >= 0.3 is 0 Å². The fourth-order valence-corrected chi connectivity index (χ4v) is 4.44. The lowest BCUT2D eigenvalue weighted by molar-refractivity contribution is 0.0962. The fraction of sp³-hybridized carbons (Fsp3) is 0.292. The molecule has 2 aromatic carbocycles. The molecule has 2 aliphatic rings. The Morgan fingerprint density at radius 3 is 2.33 bits per heavy atom. The van der Waals surface area contributed by atoms with Crippen LogP contribution in [0.4, 0.5) is 11.6 Å². The first-order valence-electron chi connectivity index (χ1n) is 10.4. The molecule has 1 atom stereocenters. The highest BCUT2D eigenvalue weighted by molar-refractivity contribution is 5.98. The van der Waals surface area contributed by atoms with Crippen LogP contribution in [-0.4, -0.2) is 47.0 Å². The molecule has 6 heteroatoms. The minimum absolute atomic E-state index is 0.0462. The van der Waals surface area contributed by atoms with Gasteiger partial charge in [0.1, 0.15) is 5.75 Å². The summed E-state index contributed by atoms with van der Waals surface area (Å²) < 4.78 is 0. The van der Waals surface area contributed by atoms with E-state index < -0.39 is 0 Å². The number of phenolic OH excluding ortho intramolecular Hbond substituents is 1. The maximum atomic E-state index is 12.7. The van der Waals surface area contributed by atoms with Crippen LogP contribution in [0.2, 0.25) is 0 Å². The molecular weight excluding hydrogens is 376 g/mol. The first-order chi connectivity index (χ1) is 14.7. The SMILES string of the molecule is O=C1C[C@H](c2ccccc2O)Cc2nc(N3CCN(c4ccccc4)CC3)ncc21. The van der Waals surface area contributed by atoms with Crippen LogP contribution in [0.5, 0.6) is 5.75 Å². The van der Waals surface area contributed by atoms with E-state index in [2.05, 4.69) is 39.0 Å². The van der Waals surface area contributed by atoms with Crippen molar-refractivity contribution in [3.63, 3.8) is 0 Å². The monoisotopic (exact) mass is 400 g/mol. The zero-order chi connectivity index (χ0) is 20.5. The number of nitrogens with zero attached hydrogens (tertiary/aromatic N) is 4. The number of hydrogen-bond donors (Lipinski definition) is 1. The highest BCUT2D eigenvalue weighted by Crippen LogP contribution is 2.36. The number of aromatic nitrogens is 2. The molecule has 0 unspecified atom stereocenters. The lowest BCUT2D eigenvalue weighted by atomic mass is 9.82. The number of aromatic hydroxyl groups is 1. The van der Waals surface area contributed by atoms with Gasteiger partial charge in [-0.2, -0.15) is 0 Å². The van der Waals surface area contributed by atoms with Crippen molar-refractivity contribution >= 4 is 17.4 Å². The number of piperazine rings is 1. The van der Waals surface area contributed by atoms with Gasteiger partial charge in [-0.15, -0.1) is 0 Å². The number of carbonyl (C=O) groups excluding carboxylic acids is 1. The summed E-state index contributed by atoms with van der Waals surface area (Å²) >= 11 is 0. The van der Waals surface area contributed by atoms with Crippen molar-refractivity contribution in [2.45, 2.75) is 18.8 Å². The molecule has 30 heavy (non-hydrogen) atoms. The maximum Gasteiger partial charge on any atom is 0.225 e. The quantitative estimate of drug-likeness (QED) is 0.727. The van der Waals surface area contributed by atoms with E-state index in [4.69, 9.17) is 4.98 Å². The first-order valence-corrected chi connectivity index (χ1v) is 10.4. The topological polar surface area (TPSA) is 69.6 Å². The predicted octanol–water partition coefficient (Wildman–Crippen LogP) is 3.42. The summed E-state index contributed by atoms with van der Waals surface area (Å²) in [6.07, 6.45) is 2.70. The van der Waals surface area contributed by atoms with Gasteiger partial charge in [-0.3, -0.25) is 4.79 Å². The van der Waals surface area contributed by atoms with Crippen molar-refractivity contribution in [2.24, 2.45) is 0 Å². The lowest BCUT2D eigenvalue weighted by Crippen LogP contribution is -2.47. The second kappa shape index (κ2) is 7.78. The van der Waals surface area contributed by atoms with Crippen molar-refractivity contribution in [3.05, 3.63) is 77.6 Å². The number of carbonyl (C=O) groups is 1. The summed E-state index contributed by atoms with van der Waals surface area (Å²) in [4.78, 5) is 26.5. The van der Waals surface area contributed by atoms with Crippen LogP contribution >= 0.6 is 0 Å². The van der Waals surface area contributed by atoms with Crippen molar-refractivity contribution in [1.29, 1.82) is 0 Å². The van der Waals surface area contributed by atoms with Crippen LogP contribution in [0.1, 0.15) is 34.0 Å². The molecule has 5 rings (SSSR count). The molecule has 0 saturated carbocycles. The molecule has 1 saturated heterocycles. The van der Waals surface area contributed by atoms with Crippen LogP contribution in [0.25, 0.3) is 0 Å². The average molecular weight is 400 g/mol. The van der Waals surface area contributed by atoms with E-state index in [-0.39, 0.29) is 17.5 Å². The molecule has 0 bridgehead atoms. The Labute approximate surface area is 175 Å². The summed E-state index contributed by atoms with van der Waals surface area (Å²) in [7, 11) is 0. The van der Waals surface area contributed by atoms with Crippen LogP contribution in [0.15, 0.2) is 60.8 Å². The molecule has 1 fully saturated rings. The second-order valence-corrected chi connectivity index (χ2v) is 7.93. The molecule has 0 amide bonds. The van der Waals surface area contributed by atoms with E-state index in [0.717, 1.165) is 37.4 Å². The van der Waals surface area contributed by atoms with Crippen molar-refractivity contribution in [3.8, 4) is 5.75 Å². The third-order valence-electron chi connectivity index (χ3n) is 6.09. The van der Waals surface area contributed by atoms with Gasteiger partial charge in [-0.05, 0) is 30.2 Å². The molecule has 1 aliphatic heterocycles. The number of anilines is 2.